The van der Waals surface area contributed by atoms with Crippen molar-refractivity contribution in [3.05, 3.63) is 46.2 Å². The number of benzene rings is 1. The topological polar surface area (TPSA) is 97.7 Å². The van der Waals surface area contributed by atoms with Crippen molar-refractivity contribution < 1.29 is 22.7 Å². The lowest BCUT2D eigenvalue weighted by Gasteiger charge is -2.31. The minimum absolute atomic E-state index is 0.0391. The Labute approximate surface area is 193 Å². The quantitative estimate of drug-likeness (QED) is 0.636. The summed E-state index contributed by atoms with van der Waals surface area (Å²) in [5.41, 5.74) is 1.63. The van der Waals surface area contributed by atoms with E-state index in [0.29, 0.717) is 34.9 Å². The normalized spacial score (nSPS) is 17.2. The number of anilines is 1. The number of nitrogens with one attached hydrogen (secondary N) is 1. The summed E-state index contributed by atoms with van der Waals surface area (Å²) < 4.78 is 35.3. The standard InChI is InChI=1S/C22H28ClN3O5S/c1-5-31-22(28)19-14(2)25(4)15(3)20(19)32(29,30)26-12-6-7-16(13-26)21(27)24-18-10-8-17(23)9-11-18/h8-11,16H,5-7,12-13H2,1-4H3,(H,24,27)/t16-/m1/s1. The Bertz CT molecular complexity index is 1130. The van der Waals surface area contributed by atoms with E-state index in [-0.39, 0.29) is 36.1 Å². The summed E-state index contributed by atoms with van der Waals surface area (Å²) in [5.74, 6) is -1.43. The van der Waals surface area contributed by atoms with Crippen LogP contribution in [0.15, 0.2) is 29.2 Å². The lowest BCUT2D eigenvalue weighted by Crippen LogP contribution is -2.44. The number of rotatable bonds is 6. The Balaban J connectivity index is 1.87. The van der Waals surface area contributed by atoms with Gasteiger partial charge in [-0.2, -0.15) is 4.31 Å². The second-order valence-electron chi connectivity index (χ2n) is 7.85. The van der Waals surface area contributed by atoms with Crippen molar-refractivity contribution in [2.45, 2.75) is 38.5 Å². The molecule has 2 heterocycles. The number of ether oxygens (including phenoxy) is 1. The highest BCUT2D eigenvalue weighted by atomic mass is 35.5. The summed E-state index contributed by atoms with van der Waals surface area (Å²) in [6, 6.07) is 6.73. The first-order valence-electron chi connectivity index (χ1n) is 10.5. The molecule has 0 saturated carbocycles. The van der Waals surface area contributed by atoms with E-state index in [0.717, 1.165) is 0 Å². The zero-order valence-electron chi connectivity index (χ0n) is 18.6. The van der Waals surface area contributed by atoms with Crippen LogP contribution in [0.5, 0.6) is 0 Å². The third-order valence-electron chi connectivity index (χ3n) is 5.87. The third kappa shape index (κ3) is 4.69. The van der Waals surface area contributed by atoms with Crippen LogP contribution >= 0.6 is 11.6 Å². The number of amides is 1. The monoisotopic (exact) mass is 481 g/mol. The van der Waals surface area contributed by atoms with Crippen LogP contribution in [0.4, 0.5) is 5.69 Å². The molecule has 32 heavy (non-hydrogen) atoms. The van der Waals surface area contributed by atoms with Crippen LogP contribution in [0.25, 0.3) is 0 Å². The highest BCUT2D eigenvalue weighted by Crippen LogP contribution is 2.32. The largest absolute Gasteiger partial charge is 0.462 e. The van der Waals surface area contributed by atoms with Gasteiger partial charge in [-0.25, -0.2) is 13.2 Å². The summed E-state index contributed by atoms with van der Waals surface area (Å²) in [7, 11) is -2.31. The predicted octanol–water partition coefficient (Wildman–Crippen LogP) is 3.51. The molecule has 174 valence electrons. The van der Waals surface area contributed by atoms with Crippen LogP contribution < -0.4 is 5.32 Å². The van der Waals surface area contributed by atoms with Gasteiger partial charge in [-0.1, -0.05) is 11.6 Å². The van der Waals surface area contributed by atoms with E-state index in [4.69, 9.17) is 16.3 Å². The summed E-state index contributed by atoms with van der Waals surface area (Å²) in [4.78, 5) is 25.3. The molecule has 1 N–H and O–H groups in total. The van der Waals surface area contributed by atoms with Gasteiger partial charge in [0.05, 0.1) is 12.5 Å². The molecule has 0 spiro atoms. The summed E-state index contributed by atoms with van der Waals surface area (Å²) >= 11 is 5.88. The van der Waals surface area contributed by atoms with Crippen molar-refractivity contribution in [3.8, 4) is 0 Å². The van der Waals surface area contributed by atoms with Gasteiger partial charge < -0.3 is 14.6 Å². The van der Waals surface area contributed by atoms with Gasteiger partial charge in [0.2, 0.25) is 15.9 Å². The molecule has 0 aliphatic carbocycles. The fraction of sp³-hybridized carbons (Fsp3) is 0.455. The molecule has 2 aromatic rings. The maximum atomic E-state index is 13.6. The summed E-state index contributed by atoms with van der Waals surface area (Å²) in [6.07, 6.45) is 1.11. The molecule has 1 saturated heterocycles. The molecule has 10 heteroatoms. The number of aromatic nitrogens is 1. The van der Waals surface area contributed by atoms with Gasteiger partial charge >= 0.3 is 5.97 Å². The average Bonchev–Trinajstić information content (AvgIpc) is 3.00. The van der Waals surface area contributed by atoms with Crippen molar-refractivity contribution in [2.75, 3.05) is 25.0 Å². The Hall–Kier alpha value is -2.36. The number of carbonyl (C=O) groups is 2. The lowest BCUT2D eigenvalue weighted by atomic mass is 9.99. The molecule has 0 radical (unpaired) electrons. The molecule has 1 aliphatic heterocycles. The molecule has 1 aliphatic rings. The molecule has 1 fully saturated rings. The van der Waals surface area contributed by atoms with Crippen molar-refractivity contribution >= 4 is 39.2 Å². The number of halogens is 1. The second-order valence-corrected chi connectivity index (χ2v) is 10.2. The molecular formula is C22H28ClN3O5S. The molecule has 0 bridgehead atoms. The van der Waals surface area contributed by atoms with E-state index in [1.165, 1.54) is 4.31 Å². The zero-order valence-corrected chi connectivity index (χ0v) is 20.2. The number of hydrogen-bond donors (Lipinski definition) is 1. The van der Waals surface area contributed by atoms with E-state index < -0.39 is 21.9 Å². The van der Waals surface area contributed by atoms with E-state index in [2.05, 4.69) is 5.32 Å². The first-order valence-corrected chi connectivity index (χ1v) is 12.3. The average molecular weight is 482 g/mol. The number of nitrogens with zero attached hydrogens (tertiary/aromatic N) is 2. The molecule has 0 unspecified atom stereocenters. The third-order valence-corrected chi connectivity index (χ3v) is 8.15. The van der Waals surface area contributed by atoms with E-state index in [1.807, 2.05) is 0 Å². The van der Waals surface area contributed by atoms with Crippen LogP contribution in [0, 0.1) is 19.8 Å². The minimum Gasteiger partial charge on any atom is -0.462 e. The number of esters is 1. The van der Waals surface area contributed by atoms with E-state index in [1.54, 1.807) is 56.7 Å². The Kier molecular flexibility index (Phi) is 7.32. The first-order chi connectivity index (χ1) is 15.1. The van der Waals surface area contributed by atoms with E-state index >= 15 is 0 Å². The van der Waals surface area contributed by atoms with Gasteiger partial charge in [0.25, 0.3) is 0 Å². The van der Waals surface area contributed by atoms with Crippen LogP contribution in [-0.2, 0) is 26.6 Å². The highest BCUT2D eigenvalue weighted by Gasteiger charge is 2.39. The molecule has 1 aromatic heterocycles. The molecule has 1 atom stereocenters. The molecule has 1 amide bonds. The molecular weight excluding hydrogens is 454 g/mol. The fourth-order valence-corrected chi connectivity index (χ4v) is 6.09. The minimum atomic E-state index is -4.02. The SMILES string of the molecule is CCOC(=O)c1c(S(=O)(=O)N2CCC[C@@H](C(=O)Nc3ccc(Cl)cc3)C2)c(C)n(C)c1C. The first kappa shape index (κ1) is 24.3. The second kappa shape index (κ2) is 9.64. The molecule has 3 rings (SSSR count). The van der Waals surface area contributed by atoms with Crippen molar-refractivity contribution in [1.29, 1.82) is 0 Å². The Morgan fingerprint density at radius 1 is 1.19 bits per heavy atom. The number of piperidine rings is 1. The van der Waals surface area contributed by atoms with Crippen molar-refractivity contribution in [2.24, 2.45) is 13.0 Å². The van der Waals surface area contributed by atoms with Gasteiger partial charge in [-0.05, 0) is 57.9 Å². The maximum absolute atomic E-state index is 13.6. The van der Waals surface area contributed by atoms with E-state index in [9.17, 15) is 18.0 Å². The van der Waals surface area contributed by atoms with Gasteiger partial charge in [-0.15, -0.1) is 0 Å². The zero-order chi connectivity index (χ0) is 23.6. The molecule has 1 aromatic carbocycles. The van der Waals surface area contributed by atoms with Gasteiger partial charge in [0.1, 0.15) is 10.5 Å². The number of carbonyl (C=O) groups excluding carboxylic acids is 2. The summed E-state index contributed by atoms with van der Waals surface area (Å²) in [5, 5.41) is 3.38. The van der Waals surface area contributed by atoms with Crippen LogP contribution in [0.3, 0.4) is 0 Å². The number of hydrogen-bond acceptors (Lipinski definition) is 5. The Morgan fingerprint density at radius 2 is 1.84 bits per heavy atom. The van der Waals surface area contributed by atoms with Crippen molar-refractivity contribution in [1.82, 2.24) is 8.87 Å². The number of sulfonamides is 1. The predicted molar refractivity (Wildman–Crippen MR) is 122 cm³/mol. The fourth-order valence-electron chi connectivity index (χ4n) is 3.96. The highest BCUT2D eigenvalue weighted by molar-refractivity contribution is 7.89. The Morgan fingerprint density at radius 3 is 2.47 bits per heavy atom. The summed E-state index contributed by atoms with van der Waals surface area (Å²) in [6.45, 7) is 5.49. The van der Waals surface area contributed by atoms with Crippen molar-refractivity contribution in [3.63, 3.8) is 0 Å². The smallest absolute Gasteiger partial charge is 0.341 e. The van der Waals surface area contributed by atoms with Crippen LogP contribution in [0.2, 0.25) is 5.02 Å². The van der Waals surface area contributed by atoms with Crippen LogP contribution in [0.1, 0.15) is 41.5 Å². The molecule has 8 nitrogen and oxygen atoms in total. The lowest BCUT2D eigenvalue weighted by molar-refractivity contribution is -0.120. The van der Waals surface area contributed by atoms with Gasteiger partial charge in [-0.3, -0.25) is 4.79 Å². The van der Waals surface area contributed by atoms with Gasteiger partial charge in [0.15, 0.2) is 0 Å². The maximum Gasteiger partial charge on any atom is 0.341 e. The van der Waals surface area contributed by atoms with Crippen LogP contribution in [-0.4, -0.2) is 48.9 Å². The van der Waals surface area contributed by atoms with Gasteiger partial charge in [0, 0.05) is 42.2 Å².